The summed E-state index contributed by atoms with van der Waals surface area (Å²) in [5.74, 6) is 0.927. The molecule has 3 nitrogen and oxygen atoms in total. The molecule has 3 rings (SSSR count). The quantitative estimate of drug-likeness (QED) is 0.379. The lowest BCUT2D eigenvalue weighted by molar-refractivity contribution is 0.0802. The summed E-state index contributed by atoms with van der Waals surface area (Å²) in [6, 6.07) is 25.0. The number of ether oxygens (including phenoxy) is 1. The number of hydrogen-bond acceptors (Lipinski definition) is 3. The van der Waals surface area contributed by atoms with Crippen molar-refractivity contribution in [3.05, 3.63) is 90.0 Å². The molecule has 0 radical (unpaired) electrons. The molecule has 0 aliphatic carbocycles. The average molecular weight is 401 g/mol. The summed E-state index contributed by atoms with van der Waals surface area (Å²) in [5.41, 5.74) is 2.99. The number of carbonyl (C=O) groups is 2. The topological polar surface area (TPSA) is 43.4 Å². The van der Waals surface area contributed by atoms with Crippen molar-refractivity contribution in [3.63, 3.8) is 0 Å². The molecule has 30 heavy (non-hydrogen) atoms. The van der Waals surface area contributed by atoms with Crippen LogP contribution in [0.2, 0.25) is 0 Å². The molecule has 0 spiro atoms. The number of Topliss-reactive ketones (excluding diaryl/α,β-unsaturated/α-hetero) is 2. The van der Waals surface area contributed by atoms with Gasteiger partial charge in [-0.05, 0) is 47.9 Å². The van der Waals surface area contributed by atoms with E-state index in [1.807, 2.05) is 75.4 Å². The van der Waals surface area contributed by atoms with Gasteiger partial charge in [0.25, 0.3) is 0 Å². The Hall–Kier alpha value is -3.20. The van der Waals surface area contributed by atoms with Crippen LogP contribution in [0.4, 0.5) is 0 Å². The SMILES string of the molecule is CCC(=O)c1ccc(OCCC(C)(C)C(=O)c2cccc(-c3ccccc3)c2)cc1. The molecule has 0 fully saturated rings. The summed E-state index contributed by atoms with van der Waals surface area (Å²) in [7, 11) is 0. The lowest BCUT2D eigenvalue weighted by Gasteiger charge is -2.23. The van der Waals surface area contributed by atoms with Gasteiger partial charge in [0.1, 0.15) is 5.75 Å². The number of carbonyl (C=O) groups excluding carboxylic acids is 2. The minimum atomic E-state index is -0.548. The second-order valence-electron chi connectivity index (χ2n) is 8.06. The molecule has 3 aromatic rings. The van der Waals surface area contributed by atoms with Crippen LogP contribution in [0.5, 0.6) is 5.75 Å². The maximum absolute atomic E-state index is 13.2. The van der Waals surface area contributed by atoms with E-state index in [0.717, 1.165) is 11.1 Å². The van der Waals surface area contributed by atoms with Crippen LogP contribution in [0.1, 0.15) is 54.3 Å². The largest absolute Gasteiger partial charge is 0.494 e. The summed E-state index contributed by atoms with van der Waals surface area (Å²) in [6.07, 6.45) is 1.08. The minimum Gasteiger partial charge on any atom is -0.494 e. The van der Waals surface area contributed by atoms with Crippen molar-refractivity contribution < 1.29 is 14.3 Å². The third-order valence-corrected chi connectivity index (χ3v) is 5.34. The van der Waals surface area contributed by atoms with Crippen molar-refractivity contribution in [2.45, 2.75) is 33.6 Å². The van der Waals surface area contributed by atoms with Crippen molar-refractivity contribution >= 4 is 11.6 Å². The summed E-state index contributed by atoms with van der Waals surface area (Å²) in [6.45, 7) is 6.19. The van der Waals surface area contributed by atoms with Gasteiger partial charge in [0.05, 0.1) is 6.61 Å². The van der Waals surface area contributed by atoms with E-state index in [9.17, 15) is 9.59 Å². The molecule has 0 heterocycles. The van der Waals surface area contributed by atoms with E-state index in [4.69, 9.17) is 4.74 Å². The highest BCUT2D eigenvalue weighted by Gasteiger charge is 2.28. The Morgan fingerprint density at radius 3 is 2.13 bits per heavy atom. The van der Waals surface area contributed by atoms with Gasteiger partial charge in [-0.2, -0.15) is 0 Å². The van der Waals surface area contributed by atoms with Crippen LogP contribution in [0, 0.1) is 5.41 Å². The van der Waals surface area contributed by atoms with Gasteiger partial charge < -0.3 is 4.74 Å². The van der Waals surface area contributed by atoms with Gasteiger partial charge >= 0.3 is 0 Å². The third kappa shape index (κ3) is 5.24. The van der Waals surface area contributed by atoms with Crippen LogP contribution < -0.4 is 4.74 Å². The second-order valence-corrected chi connectivity index (χ2v) is 8.06. The van der Waals surface area contributed by atoms with Crippen LogP contribution in [0.3, 0.4) is 0 Å². The molecule has 0 N–H and O–H groups in total. The van der Waals surface area contributed by atoms with Crippen molar-refractivity contribution in [2.75, 3.05) is 6.61 Å². The molecule has 0 aliphatic rings. The number of ketones is 2. The first-order chi connectivity index (χ1) is 14.4. The summed E-state index contributed by atoms with van der Waals surface area (Å²) in [5, 5.41) is 0. The van der Waals surface area contributed by atoms with Gasteiger partial charge in [-0.1, -0.05) is 69.3 Å². The molecule has 0 unspecified atom stereocenters. The smallest absolute Gasteiger partial charge is 0.168 e. The summed E-state index contributed by atoms with van der Waals surface area (Å²) >= 11 is 0. The highest BCUT2D eigenvalue weighted by molar-refractivity contribution is 6.01. The molecule has 0 amide bonds. The number of rotatable bonds is 9. The molecule has 0 saturated carbocycles. The monoisotopic (exact) mass is 400 g/mol. The first-order valence-corrected chi connectivity index (χ1v) is 10.4. The molecular formula is C27H28O3. The van der Waals surface area contributed by atoms with Crippen molar-refractivity contribution in [1.82, 2.24) is 0 Å². The molecule has 0 saturated heterocycles. The van der Waals surface area contributed by atoms with Crippen LogP contribution in [-0.4, -0.2) is 18.2 Å². The van der Waals surface area contributed by atoms with Crippen LogP contribution in [0.15, 0.2) is 78.9 Å². The van der Waals surface area contributed by atoms with Gasteiger partial charge in [0.15, 0.2) is 11.6 Å². The second kappa shape index (κ2) is 9.53. The van der Waals surface area contributed by atoms with E-state index in [1.54, 1.807) is 24.3 Å². The normalized spacial score (nSPS) is 11.2. The Bertz CT molecular complexity index is 1000. The molecule has 3 aromatic carbocycles. The zero-order chi connectivity index (χ0) is 21.6. The van der Waals surface area contributed by atoms with Crippen LogP contribution in [-0.2, 0) is 0 Å². The van der Waals surface area contributed by atoms with E-state index in [2.05, 4.69) is 0 Å². The van der Waals surface area contributed by atoms with Gasteiger partial charge in [-0.15, -0.1) is 0 Å². The van der Waals surface area contributed by atoms with Gasteiger partial charge in [0.2, 0.25) is 0 Å². The van der Waals surface area contributed by atoms with E-state index >= 15 is 0 Å². The Morgan fingerprint density at radius 1 is 0.800 bits per heavy atom. The molecule has 3 heteroatoms. The van der Waals surface area contributed by atoms with E-state index in [0.29, 0.717) is 36.3 Å². The van der Waals surface area contributed by atoms with E-state index in [-0.39, 0.29) is 11.6 Å². The van der Waals surface area contributed by atoms with Crippen molar-refractivity contribution in [2.24, 2.45) is 5.41 Å². The third-order valence-electron chi connectivity index (χ3n) is 5.34. The Kier molecular flexibility index (Phi) is 6.83. The molecule has 0 bridgehead atoms. The lowest BCUT2D eigenvalue weighted by atomic mass is 9.81. The van der Waals surface area contributed by atoms with Gasteiger partial charge in [-0.3, -0.25) is 9.59 Å². The lowest BCUT2D eigenvalue weighted by Crippen LogP contribution is -2.26. The molecule has 0 aliphatic heterocycles. The Morgan fingerprint density at radius 2 is 1.47 bits per heavy atom. The highest BCUT2D eigenvalue weighted by atomic mass is 16.5. The Balaban J connectivity index is 1.63. The number of hydrogen-bond donors (Lipinski definition) is 0. The number of benzene rings is 3. The molecular weight excluding hydrogens is 372 g/mol. The zero-order valence-electron chi connectivity index (χ0n) is 17.9. The van der Waals surface area contributed by atoms with Crippen LogP contribution in [0.25, 0.3) is 11.1 Å². The average Bonchev–Trinajstić information content (AvgIpc) is 2.79. The van der Waals surface area contributed by atoms with Gasteiger partial charge in [0, 0.05) is 23.0 Å². The van der Waals surface area contributed by atoms with E-state index < -0.39 is 5.41 Å². The summed E-state index contributed by atoms with van der Waals surface area (Å²) in [4.78, 5) is 24.9. The molecule has 0 aromatic heterocycles. The maximum Gasteiger partial charge on any atom is 0.168 e. The van der Waals surface area contributed by atoms with Crippen LogP contribution >= 0.6 is 0 Å². The highest BCUT2D eigenvalue weighted by Crippen LogP contribution is 2.29. The fourth-order valence-electron chi connectivity index (χ4n) is 3.34. The molecule has 154 valence electrons. The van der Waals surface area contributed by atoms with Crippen molar-refractivity contribution in [1.29, 1.82) is 0 Å². The van der Waals surface area contributed by atoms with Gasteiger partial charge in [-0.25, -0.2) is 0 Å². The Labute approximate surface area is 178 Å². The maximum atomic E-state index is 13.2. The standard InChI is InChI=1S/C27H28O3/c1-4-25(28)21-13-15-24(16-14-21)30-18-17-27(2,3)26(29)23-12-8-11-22(19-23)20-9-6-5-7-10-20/h5-16,19H,4,17-18H2,1-3H3. The minimum absolute atomic E-state index is 0.104. The fourth-order valence-corrected chi connectivity index (χ4v) is 3.34. The summed E-state index contributed by atoms with van der Waals surface area (Å²) < 4.78 is 5.83. The van der Waals surface area contributed by atoms with E-state index in [1.165, 1.54) is 0 Å². The first kappa shape index (κ1) is 21.5. The molecule has 0 atom stereocenters. The van der Waals surface area contributed by atoms with Crippen molar-refractivity contribution in [3.8, 4) is 16.9 Å². The predicted molar refractivity (Wildman–Crippen MR) is 121 cm³/mol. The predicted octanol–water partition coefficient (Wildman–Crippen LogP) is 6.62. The zero-order valence-corrected chi connectivity index (χ0v) is 17.9. The fraction of sp³-hybridized carbons (Fsp3) is 0.259. The first-order valence-electron chi connectivity index (χ1n) is 10.4.